The Morgan fingerprint density at radius 1 is 1.26 bits per heavy atom. The Labute approximate surface area is 143 Å². The van der Waals surface area contributed by atoms with Crippen molar-refractivity contribution < 1.29 is 14.0 Å². The Bertz CT molecular complexity index is 918. The molecule has 0 aliphatic heterocycles. The molecule has 120 valence electrons. The van der Waals surface area contributed by atoms with Crippen LogP contribution in [-0.2, 0) is 4.57 Å². The summed E-state index contributed by atoms with van der Waals surface area (Å²) in [4.78, 5) is 14.4. The molecule has 2 aromatic carbocycles. The molecule has 0 aliphatic carbocycles. The van der Waals surface area contributed by atoms with Crippen LogP contribution in [-0.4, -0.2) is 15.6 Å². The molecule has 0 radical (unpaired) electrons. The van der Waals surface area contributed by atoms with Gasteiger partial charge in [0.25, 0.3) is 0 Å². The fourth-order valence-electron chi connectivity index (χ4n) is 2.24. The van der Waals surface area contributed by atoms with Crippen molar-refractivity contribution in [3.63, 3.8) is 0 Å². The SMILES string of the molecule is CCCSP(=O)(O)Oc1cc(Cl)c2nc3ccccc3cc2c1. The first-order valence-electron chi connectivity index (χ1n) is 7.14. The van der Waals surface area contributed by atoms with E-state index in [1.807, 2.05) is 37.3 Å². The molecule has 1 atom stereocenters. The van der Waals surface area contributed by atoms with Gasteiger partial charge in [-0.25, -0.2) is 9.55 Å². The molecule has 0 aliphatic rings. The number of pyridine rings is 1. The summed E-state index contributed by atoms with van der Waals surface area (Å²) in [6, 6.07) is 12.9. The molecule has 1 heterocycles. The number of hydrogen-bond acceptors (Lipinski definition) is 4. The van der Waals surface area contributed by atoms with Crippen LogP contribution in [0.15, 0.2) is 42.5 Å². The standard InChI is InChI=1S/C16H15ClNO3PS/c1-2-7-23-22(19,20)21-13-9-12-8-11-5-3-4-6-15(11)18-16(12)14(17)10-13/h3-6,8-10H,2,7H2,1H3,(H,19,20). The average Bonchev–Trinajstić information content (AvgIpc) is 2.51. The van der Waals surface area contributed by atoms with Crippen molar-refractivity contribution in [1.82, 2.24) is 4.98 Å². The van der Waals surface area contributed by atoms with Gasteiger partial charge in [0.1, 0.15) is 5.75 Å². The van der Waals surface area contributed by atoms with Gasteiger partial charge in [0, 0.05) is 22.6 Å². The number of aromatic nitrogens is 1. The molecule has 3 aromatic rings. The number of halogens is 1. The number of para-hydroxylation sites is 1. The van der Waals surface area contributed by atoms with Crippen molar-refractivity contribution in [2.75, 3.05) is 5.75 Å². The van der Waals surface area contributed by atoms with E-state index in [0.717, 1.165) is 34.1 Å². The molecule has 23 heavy (non-hydrogen) atoms. The van der Waals surface area contributed by atoms with E-state index in [9.17, 15) is 9.46 Å². The second-order valence-electron chi connectivity index (χ2n) is 5.05. The lowest BCUT2D eigenvalue weighted by Crippen LogP contribution is -1.91. The lowest BCUT2D eigenvalue weighted by Gasteiger charge is -2.13. The normalized spacial score (nSPS) is 14.0. The van der Waals surface area contributed by atoms with E-state index in [-0.39, 0.29) is 5.75 Å². The first-order valence-corrected chi connectivity index (χ1v) is 10.7. The molecule has 1 N–H and O–H groups in total. The number of nitrogens with zero attached hydrogens (tertiary/aromatic N) is 1. The molecule has 4 nitrogen and oxygen atoms in total. The molecule has 0 saturated carbocycles. The molecule has 0 amide bonds. The first-order chi connectivity index (χ1) is 11.0. The maximum atomic E-state index is 12.0. The smallest absolute Gasteiger partial charge is 0.417 e. The van der Waals surface area contributed by atoms with E-state index < -0.39 is 6.80 Å². The minimum atomic E-state index is -3.74. The van der Waals surface area contributed by atoms with Crippen molar-refractivity contribution in [3.05, 3.63) is 47.5 Å². The number of benzene rings is 2. The van der Waals surface area contributed by atoms with Crippen LogP contribution < -0.4 is 4.52 Å². The monoisotopic (exact) mass is 367 g/mol. The molecule has 0 saturated heterocycles. The highest BCUT2D eigenvalue weighted by molar-refractivity contribution is 8.54. The van der Waals surface area contributed by atoms with Gasteiger partial charge in [-0.05, 0) is 36.0 Å². The summed E-state index contributed by atoms with van der Waals surface area (Å²) in [6.45, 7) is -1.80. The lowest BCUT2D eigenvalue weighted by atomic mass is 10.1. The van der Waals surface area contributed by atoms with E-state index in [2.05, 4.69) is 4.98 Å². The summed E-state index contributed by atoms with van der Waals surface area (Å²) in [5.41, 5.74) is 1.49. The Kier molecular flexibility index (Phi) is 4.83. The van der Waals surface area contributed by atoms with Crippen LogP contribution in [0, 0.1) is 0 Å². The molecule has 3 rings (SSSR count). The summed E-state index contributed by atoms with van der Waals surface area (Å²) in [7, 11) is 0. The summed E-state index contributed by atoms with van der Waals surface area (Å²) < 4.78 is 17.3. The fraction of sp³-hybridized carbons (Fsp3) is 0.188. The number of rotatable bonds is 5. The van der Waals surface area contributed by atoms with Gasteiger partial charge in [0.15, 0.2) is 0 Å². The van der Waals surface area contributed by atoms with Gasteiger partial charge in [0.2, 0.25) is 0 Å². The van der Waals surface area contributed by atoms with Crippen molar-refractivity contribution in [2.45, 2.75) is 13.3 Å². The van der Waals surface area contributed by atoms with Crippen LogP contribution in [0.3, 0.4) is 0 Å². The second kappa shape index (κ2) is 6.70. The minimum Gasteiger partial charge on any atom is -0.417 e. The van der Waals surface area contributed by atoms with Crippen LogP contribution >= 0.6 is 29.8 Å². The zero-order chi connectivity index (χ0) is 16.4. The molecule has 1 aromatic heterocycles. The Morgan fingerprint density at radius 3 is 2.83 bits per heavy atom. The Morgan fingerprint density at radius 2 is 2.04 bits per heavy atom. The second-order valence-corrected chi connectivity index (χ2v) is 9.40. The third-order valence-electron chi connectivity index (χ3n) is 3.23. The van der Waals surface area contributed by atoms with Crippen LogP contribution in [0.4, 0.5) is 0 Å². The predicted octanol–water partition coefficient (Wildman–Crippen LogP) is 5.66. The average molecular weight is 368 g/mol. The van der Waals surface area contributed by atoms with Gasteiger partial charge in [0.05, 0.1) is 16.1 Å². The van der Waals surface area contributed by atoms with Crippen LogP contribution in [0.25, 0.3) is 21.8 Å². The summed E-state index contributed by atoms with van der Waals surface area (Å²) >= 11 is 7.19. The van der Waals surface area contributed by atoms with Gasteiger partial charge in [-0.15, -0.1) is 0 Å². The highest BCUT2D eigenvalue weighted by atomic mass is 35.5. The molecule has 7 heteroatoms. The third kappa shape index (κ3) is 3.81. The van der Waals surface area contributed by atoms with Crippen LogP contribution in [0.1, 0.15) is 13.3 Å². The molecule has 0 spiro atoms. The van der Waals surface area contributed by atoms with E-state index in [0.29, 0.717) is 16.3 Å². The molecular weight excluding hydrogens is 353 g/mol. The topological polar surface area (TPSA) is 59.4 Å². The van der Waals surface area contributed by atoms with E-state index in [1.54, 1.807) is 6.07 Å². The summed E-state index contributed by atoms with van der Waals surface area (Å²) in [5.74, 6) is 0.829. The Hall–Kier alpha value is -1.26. The van der Waals surface area contributed by atoms with Gasteiger partial charge in [-0.2, -0.15) is 0 Å². The van der Waals surface area contributed by atoms with Crippen molar-refractivity contribution in [2.24, 2.45) is 0 Å². The molecular formula is C16H15ClNO3PS. The predicted molar refractivity (Wildman–Crippen MR) is 97.5 cm³/mol. The minimum absolute atomic E-state index is 0.272. The quantitative estimate of drug-likeness (QED) is 0.465. The number of fused-ring (bicyclic) bond motifs is 2. The van der Waals surface area contributed by atoms with E-state index >= 15 is 0 Å². The highest BCUT2D eigenvalue weighted by Crippen LogP contribution is 2.55. The summed E-state index contributed by atoms with van der Waals surface area (Å²) in [6.07, 6.45) is 0.799. The first kappa shape index (κ1) is 16.6. The lowest BCUT2D eigenvalue weighted by molar-refractivity contribution is 0.403. The van der Waals surface area contributed by atoms with Gasteiger partial charge < -0.3 is 9.42 Å². The molecule has 0 bridgehead atoms. The third-order valence-corrected chi connectivity index (χ3v) is 6.62. The Balaban J connectivity index is 2.03. The van der Waals surface area contributed by atoms with Crippen molar-refractivity contribution >= 4 is 51.6 Å². The van der Waals surface area contributed by atoms with Crippen molar-refractivity contribution in [3.8, 4) is 5.75 Å². The van der Waals surface area contributed by atoms with E-state index in [1.165, 1.54) is 6.07 Å². The zero-order valence-electron chi connectivity index (χ0n) is 12.4. The number of hydrogen-bond donors (Lipinski definition) is 1. The fourth-order valence-corrected chi connectivity index (χ4v) is 4.99. The maximum absolute atomic E-state index is 12.0. The van der Waals surface area contributed by atoms with Crippen LogP contribution in [0.5, 0.6) is 5.75 Å². The summed E-state index contributed by atoms with van der Waals surface area (Å²) in [5, 5.41) is 2.14. The maximum Gasteiger partial charge on any atom is 0.437 e. The largest absolute Gasteiger partial charge is 0.437 e. The molecule has 1 unspecified atom stereocenters. The van der Waals surface area contributed by atoms with Gasteiger partial charge in [-0.3, -0.25) is 0 Å². The van der Waals surface area contributed by atoms with Gasteiger partial charge >= 0.3 is 6.80 Å². The zero-order valence-corrected chi connectivity index (χ0v) is 14.9. The van der Waals surface area contributed by atoms with Crippen LogP contribution in [0.2, 0.25) is 5.02 Å². The van der Waals surface area contributed by atoms with Gasteiger partial charge in [-0.1, -0.05) is 36.7 Å². The van der Waals surface area contributed by atoms with E-state index in [4.69, 9.17) is 16.1 Å². The highest BCUT2D eigenvalue weighted by Gasteiger charge is 2.22. The van der Waals surface area contributed by atoms with Crippen molar-refractivity contribution in [1.29, 1.82) is 0 Å². The molecule has 0 fully saturated rings.